The number of rotatable bonds is 3. The van der Waals surface area contributed by atoms with Crippen LogP contribution in [-0.2, 0) is 9.53 Å². The Kier molecular flexibility index (Phi) is 3.97. The molecule has 4 heteroatoms. The van der Waals surface area contributed by atoms with E-state index in [1.807, 2.05) is 0 Å². The van der Waals surface area contributed by atoms with Crippen molar-refractivity contribution in [2.75, 3.05) is 13.7 Å². The van der Waals surface area contributed by atoms with Crippen molar-refractivity contribution in [1.82, 2.24) is 10.6 Å². The fourth-order valence-electron chi connectivity index (χ4n) is 3.11. The first-order valence-corrected chi connectivity index (χ1v) is 7.01. The molecule has 0 aromatic heterocycles. The van der Waals surface area contributed by atoms with E-state index in [2.05, 4.69) is 31.4 Å². The van der Waals surface area contributed by atoms with Gasteiger partial charge in [0.25, 0.3) is 0 Å². The van der Waals surface area contributed by atoms with Gasteiger partial charge in [-0.15, -0.1) is 0 Å². The summed E-state index contributed by atoms with van der Waals surface area (Å²) in [5.74, 6) is 0.803. The maximum absolute atomic E-state index is 12.2. The number of amides is 1. The largest absolute Gasteiger partial charge is 0.381 e. The van der Waals surface area contributed by atoms with Crippen molar-refractivity contribution >= 4 is 5.91 Å². The van der Waals surface area contributed by atoms with Crippen molar-refractivity contribution in [2.24, 2.45) is 11.3 Å². The molecule has 1 saturated heterocycles. The van der Waals surface area contributed by atoms with Gasteiger partial charge in [-0.1, -0.05) is 20.8 Å². The summed E-state index contributed by atoms with van der Waals surface area (Å²) >= 11 is 0. The van der Waals surface area contributed by atoms with Gasteiger partial charge in [-0.3, -0.25) is 4.79 Å². The molecule has 1 aliphatic carbocycles. The summed E-state index contributed by atoms with van der Waals surface area (Å²) in [6, 6.07) is 0.236. The molecule has 0 bridgehead atoms. The number of carbonyl (C=O) groups is 1. The molecule has 104 valence electrons. The van der Waals surface area contributed by atoms with Gasteiger partial charge in [-0.05, 0) is 31.7 Å². The third-order valence-electron chi connectivity index (χ3n) is 4.76. The minimum absolute atomic E-state index is 0.00820. The maximum atomic E-state index is 12.2. The monoisotopic (exact) mass is 254 g/mol. The first-order chi connectivity index (χ1) is 8.45. The summed E-state index contributed by atoms with van der Waals surface area (Å²) in [4.78, 5) is 12.2. The Labute approximate surface area is 110 Å². The van der Waals surface area contributed by atoms with E-state index in [1.165, 1.54) is 6.42 Å². The van der Waals surface area contributed by atoms with E-state index in [9.17, 15) is 4.79 Å². The summed E-state index contributed by atoms with van der Waals surface area (Å²) in [5.41, 5.74) is 0.0463. The summed E-state index contributed by atoms with van der Waals surface area (Å²) in [6.07, 6.45) is 3.32. The molecule has 1 aliphatic heterocycles. The zero-order valence-electron chi connectivity index (χ0n) is 12.0. The van der Waals surface area contributed by atoms with Gasteiger partial charge in [0, 0.05) is 18.6 Å². The Morgan fingerprint density at radius 1 is 1.39 bits per heavy atom. The number of piperidine rings is 1. The fourth-order valence-corrected chi connectivity index (χ4v) is 3.11. The third-order valence-corrected chi connectivity index (χ3v) is 4.76. The number of carbonyl (C=O) groups excluding carboxylic acids is 1. The first-order valence-electron chi connectivity index (χ1n) is 7.01. The van der Waals surface area contributed by atoms with E-state index in [4.69, 9.17) is 4.74 Å². The van der Waals surface area contributed by atoms with Gasteiger partial charge in [0.2, 0.25) is 5.91 Å². The minimum atomic E-state index is -0.00820. The molecule has 0 radical (unpaired) electrons. The highest BCUT2D eigenvalue weighted by atomic mass is 16.5. The summed E-state index contributed by atoms with van der Waals surface area (Å²) in [5, 5.41) is 6.49. The topological polar surface area (TPSA) is 50.4 Å². The van der Waals surface area contributed by atoms with Crippen molar-refractivity contribution < 1.29 is 9.53 Å². The Hall–Kier alpha value is -0.610. The minimum Gasteiger partial charge on any atom is -0.381 e. The molecular formula is C14H26N2O2. The predicted molar refractivity (Wildman–Crippen MR) is 71.3 cm³/mol. The zero-order valence-corrected chi connectivity index (χ0v) is 12.0. The average molecular weight is 254 g/mol. The Morgan fingerprint density at radius 2 is 2.11 bits per heavy atom. The number of hydrogen-bond acceptors (Lipinski definition) is 3. The quantitative estimate of drug-likeness (QED) is 0.798. The molecule has 0 spiro atoms. The molecule has 1 heterocycles. The molecule has 1 amide bonds. The lowest BCUT2D eigenvalue weighted by Crippen LogP contribution is -2.64. The molecule has 4 atom stereocenters. The van der Waals surface area contributed by atoms with E-state index in [0.717, 1.165) is 19.4 Å². The van der Waals surface area contributed by atoms with Crippen LogP contribution in [0.25, 0.3) is 0 Å². The molecular weight excluding hydrogens is 228 g/mol. The van der Waals surface area contributed by atoms with Crippen molar-refractivity contribution in [3.63, 3.8) is 0 Å². The van der Waals surface area contributed by atoms with Crippen LogP contribution in [0.5, 0.6) is 0 Å². The Balaban J connectivity index is 1.85. The lowest BCUT2D eigenvalue weighted by atomic mass is 9.64. The van der Waals surface area contributed by atoms with E-state index in [1.54, 1.807) is 7.11 Å². The van der Waals surface area contributed by atoms with Crippen LogP contribution in [0.4, 0.5) is 0 Å². The van der Waals surface area contributed by atoms with Gasteiger partial charge in [0.05, 0.1) is 12.1 Å². The van der Waals surface area contributed by atoms with Gasteiger partial charge in [-0.2, -0.15) is 0 Å². The molecule has 4 unspecified atom stereocenters. The third kappa shape index (κ3) is 2.54. The van der Waals surface area contributed by atoms with E-state index in [0.29, 0.717) is 5.92 Å². The lowest BCUT2D eigenvalue weighted by Gasteiger charge is -2.51. The van der Waals surface area contributed by atoms with Crippen LogP contribution < -0.4 is 10.6 Å². The molecule has 2 rings (SSSR count). The predicted octanol–water partition coefficient (Wildman–Crippen LogP) is 1.30. The highest BCUT2D eigenvalue weighted by molar-refractivity contribution is 5.82. The van der Waals surface area contributed by atoms with Crippen LogP contribution in [0.15, 0.2) is 0 Å². The average Bonchev–Trinajstić information content (AvgIpc) is 2.33. The van der Waals surface area contributed by atoms with Crippen LogP contribution in [0.1, 0.15) is 40.0 Å². The van der Waals surface area contributed by atoms with Crippen molar-refractivity contribution in [1.29, 1.82) is 0 Å². The molecule has 0 aromatic carbocycles. The van der Waals surface area contributed by atoms with Gasteiger partial charge < -0.3 is 15.4 Å². The molecule has 2 aliphatic rings. The van der Waals surface area contributed by atoms with Gasteiger partial charge >= 0.3 is 0 Å². The molecule has 0 aromatic rings. The number of hydrogen-bond donors (Lipinski definition) is 2. The van der Waals surface area contributed by atoms with E-state index < -0.39 is 0 Å². The highest BCUT2D eigenvalue weighted by Gasteiger charge is 2.49. The van der Waals surface area contributed by atoms with Gasteiger partial charge in [-0.25, -0.2) is 0 Å². The zero-order chi connectivity index (χ0) is 13.3. The smallest absolute Gasteiger partial charge is 0.237 e. The fraction of sp³-hybridized carbons (Fsp3) is 0.929. The summed E-state index contributed by atoms with van der Waals surface area (Å²) < 4.78 is 5.41. The maximum Gasteiger partial charge on any atom is 0.237 e. The van der Waals surface area contributed by atoms with Crippen LogP contribution in [0.3, 0.4) is 0 Å². The van der Waals surface area contributed by atoms with Crippen LogP contribution in [0.2, 0.25) is 0 Å². The number of ether oxygens (including phenoxy) is 1. The lowest BCUT2D eigenvalue weighted by molar-refractivity contribution is -0.135. The molecule has 2 N–H and O–H groups in total. The van der Waals surface area contributed by atoms with Crippen LogP contribution >= 0.6 is 0 Å². The summed E-state index contributed by atoms with van der Waals surface area (Å²) in [7, 11) is 1.74. The second-order valence-corrected chi connectivity index (χ2v) is 6.48. The van der Waals surface area contributed by atoms with Crippen molar-refractivity contribution in [3.8, 4) is 0 Å². The summed E-state index contributed by atoms with van der Waals surface area (Å²) in [6.45, 7) is 7.49. The van der Waals surface area contributed by atoms with Crippen LogP contribution in [-0.4, -0.2) is 37.7 Å². The second kappa shape index (κ2) is 5.17. The molecule has 2 fully saturated rings. The first kappa shape index (κ1) is 13.8. The van der Waals surface area contributed by atoms with Gasteiger partial charge in [0.15, 0.2) is 0 Å². The molecule has 1 saturated carbocycles. The van der Waals surface area contributed by atoms with Crippen molar-refractivity contribution in [2.45, 2.75) is 58.2 Å². The van der Waals surface area contributed by atoms with Crippen LogP contribution in [0, 0.1) is 11.3 Å². The number of nitrogens with one attached hydrogen (secondary N) is 2. The molecule has 4 nitrogen and oxygen atoms in total. The highest BCUT2D eigenvalue weighted by Crippen LogP contribution is 2.42. The molecule has 18 heavy (non-hydrogen) atoms. The van der Waals surface area contributed by atoms with Crippen molar-refractivity contribution in [3.05, 3.63) is 0 Å². The number of methoxy groups -OCH3 is 1. The Bertz CT molecular complexity index is 317. The Morgan fingerprint density at radius 3 is 2.67 bits per heavy atom. The van der Waals surface area contributed by atoms with Gasteiger partial charge in [0.1, 0.15) is 0 Å². The van der Waals surface area contributed by atoms with E-state index in [-0.39, 0.29) is 29.5 Å². The normalized spacial score (nSPS) is 38.9. The van der Waals surface area contributed by atoms with E-state index >= 15 is 0 Å². The standard InChI is InChI=1S/C14H26N2O2/c1-9-5-6-15-10(7-9)13(17)16-11-8-12(18-4)14(11,2)3/h9-12,15H,5-8H2,1-4H3,(H,16,17). The SMILES string of the molecule is COC1CC(NC(=O)C2CC(C)CCN2)C1(C)C. The second-order valence-electron chi connectivity index (χ2n) is 6.48.